The zero-order chi connectivity index (χ0) is 13.1. The van der Waals surface area contributed by atoms with E-state index in [4.69, 9.17) is 18.0 Å². The number of thiocarbonyl (C=S) groups is 1. The number of nitrogens with two attached hydrogens (primary N) is 1. The number of hydrogen-bond acceptors (Lipinski definition) is 3. The fourth-order valence-corrected chi connectivity index (χ4v) is 2.51. The van der Waals surface area contributed by atoms with Gasteiger partial charge in [-0.25, -0.2) is 4.39 Å². The van der Waals surface area contributed by atoms with Crippen LogP contribution in [0.25, 0.3) is 0 Å². The summed E-state index contributed by atoms with van der Waals surface area (Å²) in [6.45, 7) is 3.81. The molecular formula is C13H18FN3S. The van der Waals surface area contributed by atoms with Gasteiger partial charge in [-0.3, -0.25) is 0 Å². The average molecular weight is 267 g/mol. The monoisotopic (exact) mass is 267 g/mol. The van der Waals surface area contributed by atoms with Gasteiger partial charge in [-0.2, -0.15) is 0 Å². The number of anilines is 1. The molecule has 0 saturated carbocycles. The molecule has 98 valence electrons. The minimum atomic E-state index is -0.336. The van der Waals surface area contributed by atoms with E-state index in [1.165, 1.54) is 6.07 Å². The highest BCUT2D eigenvalue weighted by Gasteiger charge is 2.18. The smallest absolute Gasteiger partial charge is 0.135 e. The van der Waals surface area contributed by atoms with Crippen LogP contribution in [-0.4, -0.2) is 43.1 Å². The maximum Gasteiger partial charge on any atom is 0.135 e. The molecule has 0 aliphatic carbocycles. The summed E-state index contributed by atoms with van der Waals surface area (Å²) in [6, 6.07) is 5.01. The second-order valence-electron chi connectivity index (χ2n) is 4.64. The van der Waals surface area contributed by atoms with Crippen molar-refractivity contribution in [2.75, 3.05) is 38.1 Å². The Morgan fingerprint density at radius 2 is 2.06 bits per heavy atom. The van der Waals surface area contributed by atoms with Gasteiger partial charge in [0.1, 0.15) is 10.8 Å². The number of likely N-dealkylation sites (N-methyl/N-ethyl adjacent to an activating group) is 1. The molecule has 1 saturated heterocycles. The van der Waals surface area contributed by atoms with Gasteiger partial charge in [-0.1, -0.05) is 18.3 Å². The van der Waals surface area contributed by atoms with Crippen LogP contribution in [0.15, 0.2) is 18.2 Å². The van der Waals surface area contributed by atoms with Crippen molar-refractivity contribution in [1.82, 2.24) is 4.90 Å². The first-order chi connectivity index (χ1) is 8.59. The fraction of sp³-hybridized carbons (Fsp3) is 0.462. The summed E-state index contributed by atoms with van der Waals surface area (Å²) in [7, 11) is 2.10. The SMILES string of the molecule is CN1CCCN(c2cccc(F)c2C(N)=S)CC1. The predicted octanol–water partition coefficient (Wildman–Crippen LogP) is 1.60. The third-order valence-corrected chi connectivity index (χ3v) is 3.50. The molecule has 1 aromatic carbocycles. The molecule has 2 N–H and O–H groups in total. The molecule has 1 fully saturated rings. The van der Waals surface area contributed by atoms with E-state index in [1.54, 1.807) is 6.07 Å². The lowest BCUT2D eigenvalue weighted by molar-refractivity contribution is 0.360. The number of hydrogen-bond donors (Lipinski definition) is 1. The van der Waals surface area contributed by atoms with Crippen LogP contribution in [0.4, 0.5) is 10.1 Å². The van der Waals surface area contributed by atoms with Crippen molar-refractivity contribution in [3.05, 3.63) is 29.6 Å². The van der Waals surface area contributed by atoms with Crippen molar-refractivity contribution >= 4 is 22.9 Å². The molecule has 0 atom stereocenters. The fourth-order valence-electron chi connectivity index (χ4n) is 2.31. The molecule has 18 heavy (non-hydrogen) atoms. The van der Waals surface area contributed by atoms with Crippen molar-refractivity contribution in [2.24, 2.45) is 5.73 Å². The molecule has 0 amide bonds. The molecule has 1 aliphatic rings. The molecule has 0 unspecified atom stereocenters. The largest absolute Gasteiger partial charge is 0.389 e. The highest BCUT2D eigenvalue weighted by atomic mass is 32.1. The van der Waals surface area contributed by atoms with Gasteiger partial charge >= 0.3 is 0 Å². The molecule has 1 aliphatic heterocycles. The quantitative estimate of drug-likeness (QED) is 0.825. The molecule has 0 spiro atoms. The highest BCUT2D eigenvalue weighted by molar-refractivity contribution is 7.80. The summed E-state index contributed by atoms with van der Waals surface area (Å²) in [4.78, 5) is 4.57. The molecule has 1 heterocycles. The lowest BCUT2D eigenvalue weighted by Crippen LogP contribution is -2.31. The van der Waals surface area contributed by atoms with E-state index in [9.17, 15) is 4.39 Å². The van der Waals surface area contributed by atoms with Crippen LogP contribution in [0, 0.1) is 5.82 Å². The molecule has 5 heteroatoms. The normalized spacial score (nSPS) is 17.6. The van der Waals surface area contributed by atoms with E-state index in [0.717, 1.165) is 38.3 Å². The summed E-state index contributed by atoms with van der Waals surface area (Å²) in [5.74, 6) is -0.336. The maximum atomic E-state index is 13.8. The summed E-state index contributed by atoms with van der Waals surface area (Å²) >= 11 is 4.96. The Morgan fingerprint density at radius 3 is 2.78 bits per heavy atom. The van der Waals surface area contributed by atoms with Gasteiger partial charge in [0, 0.05) is 25.3 Å². The van der Waals surface area contributed by atoms with Crippen LogP contribution in [0.2, 0.25) is 0 Å². The van der Waals surface area contributed by atoms with E-state index in [-0.39, 0.29) is 10.8 Å². The zero-order valence-electron chi connectivity index (χ0n) is 10.5. The predicted molar refractivity (Wildman–Crippen MR) is 76.6 cm³/mol. The van der Waals surface area contributed by atoms with Crippen LogP contribution in [0.3, 0.4) is 0 Å². The first-order valence-corrected chi connectivity index (χ1v) is 6.52. The maximum absolute atomic E-state index is 13.8. The minimum Gasteiger partial charge on any atom is -0.389 e. The Hall–Kier alpha value is -1.20. The molecule has 3 nitrogen and oxygen atoms in total. The number of halogens is 1. The molecule has 0 aromatic heterocycles. The van der Waals surface area contributed by atoms with Gasteiger partial charge in [-0.05, 0) is 32.1 Å². The molecule has 2 rings (SSSR count). The second kappa shape index (κ2) is 5.63. The van der Waals surface area contributed by atoms with E-state index < -0.39 is 0 Å². The van der Waals surface area contributed by atoms with E-state index in [1.807, 2.05) is 6.07 Å². The van der Waals surface area contributed by atoms with Crippen LogP contribution in [-0.2, 0) is 0 Å². The Bertz CT molecular complexity index is 450. The topological polar surface area (TPSA) is 32.5 Å². The Kier molecular flexibility index (Phi) is 4.14. The van der Waals surface area contributed by atoms with E-state index >= 15 is 0 Å². The Balaban J connectivity index is 2.32. The number of nitrogens with zero attached hydrogens (tertiary/aromatic N) is 2. The average Bonchev–Trinajstić information content (AvgIpc) is 2.53. The van der Waals surface area contributed by atoms with Crippen LogP contribution >= 0.6 is 12.2 Å². The molecule has 1 aromatic rings. The first-order valence-electron chi connectivity index (χ1n) is 6.11. The van der Waals surface area contributed by atoms with Crippen LogP contribution in [0.5, 0.6) is 0 Å². The molecular weight excluding hydrogens is 249 g/mol. The molecule has 0 radical (unpaired) electrons. The summed E-state index contributed by atoms with van der Waals surface area (Å²) < 4.78 is 13.8. The summed E-state index contributed by atoms with van der Waals surface area (Å²) in [5.41, 5.74) is 6.83. The standard InChI is InChI=1S/C13H18FN3S/c1-16-6-3-7-17(9-8-16)11-5-2-4-10(14)12(11)13(15)18/h2,4-5H,3,6-9H2,1H3,(H2,15,18). The number of benzene rings is 1. The van der Waals surface area contributed by atoms with Crippen molar-refractivity contribution in [3.63, 3.8) is 0 Å². The third-order valence-electron chi connectivity index (χ3n) is 3.30. The van der Waals surface area contributed by atoms with Gasteiger partial charge < -0.3 is 15.5 Å². The van der Waals surface area contributed by atoms with Crippen LogP contribution < -0.4 is 10.6 Å². The van der Waals surface area contributed by atoms with Crippen molar-refractivity contribution in [3.8, 4) is 0 Å². The second-order valence-corrected chi connectivity index (χ2v) is 5.08. The summed E-state index contributed by atoms with van der Waals surface area (Å²) in [6.07, 6.45) is 1.06. The lowest BCUT2D eigenvalue weighted by atomic mass is 10.1. The van der Waals surface area contributed by atoms with Gasteiger partial charge in [0.15, 0.2) is 0 Å². The summed E-state index contributed by atoms with van der Waals surface area (Å²) in [5, 5.41) is 0. The molecule has 0 bridgehead atoms. The van der Waals surface area contributed by atoms with Gasteiger partial charge in [0.2, 0.25) is 0 Å². The van der Waals surface area contributed by atoms with Gasteiger partial charge in [0.25, 0.3) is 0 Å². The number of rotatable bonds is 2. The van der Waals surface area contributed by atoms with Gasteiger partial charge in [0.05, 0.1) is 5.56 Å². The Labute approximate surface area is 112 Å². The van der Waals surface area contributed by atoms with Gasteiger partial charge in [-0.15, -0.1) is 0 Å². The lowest BCUT2D eigenvalue weighted by Gasteiger charge is -2.25. The minimum absolute atomic E-state index is 0.126. The van der Waals surface area contributed by atoms with Crippen molar-refractivity contribution < 1.29 is 4.39 Å². The van der Waals surface area contributed by atoms with Crippen molar-refractivity contribution in [2.45, 2.75) is 6.42 Å². The third kappa shape index (κ3) is 2.79. The van der Waals surface area contributed by atoms with E-state index in [0.29, 0.717) is 5.56 Å². The van der Waals surface area contributed by atoms with Crippen LogP contribution in [0.1, 0.15) is 12.0 Å². The van der Waals surface area contributed by atoms with E-state index in [2.05, 4.69) is 16.8 Å². The zero-order valence-corrected chi connectivity index (χ0v) is 11.3. The van der Waals surface area contributed by atoms with Crippen molar-refractivity contribution in [1.29, 1.82) is 0 Å². The highest BCUT2D eigenvalue weighted by Crippen LogP contribution is 2.24. The first kappa shape index (κ1) is 13.2. The Morgan fingerprint density at radius 1 is 1.28 bits per heavy atom.